The Labute approximate surface area is 121 Å². The maximum atomic E-state index is 12.6. The first-order valence-corrected chi connectivity index (χ1v) is 6.46. The van der Waals surface area contributed by atoms with Gasteiger partial charge >= 0.3 is 6.18 Å². The number of halogens is 3. The van der Waals surface area contributed by atoms with Crippen LogP contribution in [0.3, 0.4) is 0 Å². The van der Waals surface area contributed by atoms with Crippen LogP contribution in [-0.4, -0.2) is 45.1 Å². The van der Waals surface area contributed by atoms with Crippen molar-refractivity contribution in [1.82, 2.24) is 5.32 Å². The minimum atomic E-state index is -4.41. The van der Waals surface area contributed by atoms with Crippen molar-refractivity contribution in [2.24, 2.45) is 0 Å². The SMILES string of the molecule is COCC(CNCC(O)c1cccc(C(F)(F)F)c1)OC. The first kappa shape index (κ1) is 17.9. The van der Waals surface area contributed by atoms with Gasteiger partial charge in [0.15, 0.2) is 0 Å². The summed E-state index contributed by atoms with van der Waals surface area (Å²) < 4.78 is 47.8. The lowest BCUT2D eigenvalue weighted by molar-refractivity contribution is -0.137. The van der Waals surface area contributed by atoms with E-state index in [0.29, 0.717) is 13.2 Å². The third-order valence-corrected chi connectivity index (χ3v) is 2.99. The fourth-order valence-corrected chi connectivity index (χ4v) is 1.82. The molecule has 0 saturated carbocycles. The average Bonchev–Trinajstić information content (AvgIpc) is 2.45. The number of aliphatic hydroxyl groups excluding tert-OH is 1. The molecule has 120 valence electrons. The summed E-state index contributed by atoms with van der Waals surface area (Å²) in [5, 5.41) is 12.9. The molecular weight excluding hydrogens is 287 g/mol. The Morgan fingerprint density at radius 1 is 1.24 bits per heavy atom. The second-order valence-electron chi connectivity index (χ2n) is 4.61. The molecule has 2 unspecified atom stereocenters. The van der Waals surface area contributed by atoms with Crippen LogP contribution >= 0.6 is 0 Å². The highest BCUT2D eigenvalue weighted by molar-refractivity contribution is 5.27. The number of aliphatic hydroxyl groups is 1. The summed E-state index contributed by atoms with van der Waals surface area (Å²) in [7, 11) is 3.08. The van der Waals surface area contributed by atoms with Gasteiger partial charge in [-0.25, -0.2) is 0 Å². The minimum Gasteiger partial charge on any atom is -0.387 e. The standard InChI is InChI=1S/C14H20F3NO3/c1-20-9-12(21-2)7-18-8-13(19)10-4-3-5-11(6-10)14(15,16)17/h3-6,12-13,18-19H,7-9H2,1-2H3. The van der Waals surface area contributed by atoms with E-state index in [2.05, 4.69) is 5.32 Å². The van der Waals surface area contributed by atoms with Crippen molar-refractivity contribution in [2.75, 3.05) is 33.9 Å². The molecule has 0 aliphatic carbocycles. The van der Waals surface area contributed by atoms with Crippen LogP contribution in [0.25, 0.3) is 0 Å². The smallest absolute Gasteiger partial charge is 0.387 e. The van der Waals surface area contributed by atoms with Crippen LogP contribution in [0.4, 0.5) is 13.2 Å². The molecule has 21 heavy (non-hydrogen) atoms. The summed E-state index contributed by atoms with van der Waals surface area (Å²) in [5.41, 5.74) is -0.550. The van der Waals surface area contributed by atoms with E-state index in [4.69, 9.17) is 9.47 Å². The van der Waals surface area contributed by atoms with Gasteiger partial charge in [0.25, 0.3) is 0 Å². The zero-order chi connectivity index (χ0) is 15.9. The van der Waals surface area contributed by atoms with Gasteiger partial charge < -0.3 is 19.9 Å². The van der Waals surface area contributed by atoms with Crippen LogP contribution in [0, 0.1) is 0 Å². The molecule has 0 aromatic heterocycles. The molecule has 0 radical (unpaired) electrons. The highest BCUT2D eigenvalue weighted by Crippen LogP contribution is 2.30. The quantitative estimate of drug-likeness (QED) is 0.771. The van der Waals surface area contributed by atoms with Gasteiger partial charge in [0.1, 0.15) is 0 Å². The van der Waals surface area contributed by atoms with Crippen molar-refractivity contribution in [3.8, 4) is 0 Å². The molecule has 7 heteroatoms. The molecule has 0 aliphatic heterocycles. The maximum absolute atomic E-state index is 12.6. The Morgan fingerprint density at radius 2 is 1.95 bits per heavy atom. The summed E-state index contributed by atoms with van der Waals surface area (Å²) in [6.45, 7) is 0.953. The summed E-state index contributed by atoms with van der Waals surface area (Å²) in [6.07, 6.45) is -5.61. The zero-order valence-corrected chi connectivity index (χ0v) is 12.0. The number of methoxy groups -OCH3 is 2. The molecule has 1 aromatic carbocycles. The lowest BCUT2D eigenvalue weighted by atomic mass is 10.1. The monoisotopic (exact) mass is 307 g/mol. The Morgan fingerprint density at radius 3 is 2.52 bits per heavy atom. The third-order valence-electron chi connectivity index (χ3n) is 2.99. The Hall–Kier alpha value is -1.15. The molecule has 0 heterocycles. The van der Waals surface area contributed by atoms with Crippen molar-refractivity contribution >= 4 is 0 Å². The van der Waals surface area contributed by atoms with E-state index in [1.807, 2.05) is 0 Å². The number of nitrogens with one attached hydrogen (secondary N) is 1. The Bertz CT molecular complexity index is 426. The van der Waals surface area contributed by atoms with Crippen molar-refractivity contribution in [2.45, 2.75) is 18.4 Å². The molecule has 0 saturated heterocycles. The van der Waals surface area contributed by atoms with Crippen LogP contribution in [0.5, 0.6) is 0 Å². The van der Waals surface area contributed by atoms with Gasteiger partial charge in [0.05, 0.1) is 24.4 Å². The first-order valence-electron chi connectivity index (χ1n) is 6.46. The average molecular weight is 307 g/mol. The third kappa shape index (κ3) is 6.01. The molecule has 2 atom stereocenters. The fraction of sp³-hybridized carbons (Fsp3) is 0.571. The Balaban J connectivity index is 2.54. The molecular formula is C14H20F3NO3. The van der Waals surface area contributed by atoms with Gasteiger partial charge in [0, 0.05) is 27.3 Å². The van der Waals surface area contributed by atoms with E-state index in [0.717, 1.165) is 12.1 Å². The van der Waals surface area contributed by atoms with Crippen molar-refractivity contribution in [3.63, 3.8) is 0 Å². The summed E-state index contributed by atoms with van der Waals surface area (Å²) in [4.78, 5) is 0. The second kappa shape index (κ2) is 8.33. The predicted molar refractivity (Wildman–Crippen MR) is 71.9 cm³/mol. The Kier molecular flexibility index (Phi) is 7.10. The van der Waals surface area contributed by atoms with Crippen molar-refractivity contribution in [1.29, 1.82) is 0 Å². The van der Waals surface area contributed by atoms with Gasteiger partial charge in [-0.2, -0.15) is 13.2 Å². The summed E-state index contributed by atoms with van der Waals surface area (Å²) >= 11 is 0. The van der Waals surface area contributed by atoms with Crippen LogP contribution in [0.1, 0.15) is 17.2 Å². The lowest BCUT2D eigenvalue weighted by Gasteiger charge is -2.18. The number of ether oxygens (including phenoxy) is 2. The van der Waals surface area contributed by atoms with Crippen molar-refractivity contribution < 1.29 is 27.8 Å². The number of hydrogen-bond acceptors (Lipinski definition) is 4. The molecule has 0 bridgehead atoms. The van der Waals surface area contributed by atoms with Gasteiger partial charge in [0.2, 0.25) is 0 Å². The van der Waals surface area contributed by atoms with Gasteiger partial charge in [-0.15, -0.1) is 0 Å². The molecule has 1 aromatic rings. The van der Waals surface area contributed by atoms with Crippen LogP contribution < -0.4 is 5.32 Å². The van der Waals surface area contributed by atoms with Crippen molar-refractivity contribution in [3.05, 3.63) is 35.4 Å². The number of benzene rings is 1. The van der Waals surface area contributed by atoms with Gasteiger partial charge in [-0.1, -0.05) is 12.1 Å². The van der Waals surface area contributed by atoms with Crippen LogP contribution in [-0.2, 0) is 15.7 Å². The molecule has 2 N–H and O–H groups in total. The highest BCUT2D eigenvalue weighted by atomic mass is 19.4. The fourth-order valence-electron chi connectivity index (χ4n) is 1.82. The largest absolute Gasteiger partial charge is 0.416 e. The minimum absolute atomic E-state index is 0.130. The summed E-state index contributed by atoms with van der Waals surface area (Å²) in [5.74, 6) is 0. The molecule has 1 rings (SSSR count). The van der Waals surface area contributed by atoms with E-state index in [1.54, 1.807) is 7.11 Å². The lowest BCUT2D eigenvalue weighted by Crippen LogP contribution is -2.34. The van der Waals surface area contributed by atoms with Crippen LogP contribution in [0.15, 0.2) is 24.3 Å². The molecule has 0 amide bonds. The van der Waals surface area contributed by atoms with Gasteiger partial charge in [-0.05, 0) is 17.7 Å². The molecule has 0 spiro atoms. The predicted octanol–water partition coefficient (Wildman–Crippen LogP) is 1.99. The number of hydrogen-bond donors (Lipinski definition) is 2. The van der Waals surface area contributed by atoms with E-state index in [-0.39, 0.29) is 18.2 Å². The van der Waals surface area contributed by atoms with Gasteiger partial charge in [-0.3, -0.25) is 0 Å². The highest BCUT2D eigenvalue weighted by Gasteiger charge is 2.30. The van der Waals surface area contributed by atoms with E-state index < -0.39 is 17.8 Å². The van der Waals surface area contributed by atoms with Crippen LogP contribution in [0.2, 0.25) is 0 Å². The van der Waals surface area contributed by atoms with E-state index in [1.165, 1.54) is 19.2 Å². The summed E-state index contributed by atoms with van der Waals surface area (Å²) in [6, 6.07) is 4.67. The topological polar surface area (TPSA) is 50.7 Å². The molecule has 0 aliphatic rings. The first-order chi connectivity index (χ1) is 9.88. The normalized spacial score (nSPS) is 15.0. The van der Waals surface area contributed by atoms with E-state index in [9.17, 15) is 18.3 Å². The molecule has 0 fully saturated rings. The number of alkyl halides is 3. The zero-order valence-electron chi connectivity index (χ0n) is 12.0. The second-order valence-corrected chi connectivity index (χ2v) is 4.61. The maximum Gasteiger partial charge on any atom is 0.416 e. The van der Waals surface area contributed by atoms with E-state index >= 15 is 0 Å². The molecule has 4 nitrogen and oxygen atoms in total. The number of rotatable bonds is 8.